The molecule has 116 valence electrons. The Morgan fingerprint density at radius 3 is 2.45 bits per heavy atom. The summed E-state index contributed by atoms with van der Waals surface area (Å²) in [6.45, 7) is 0. The Hall–Kier alpha value is -1.37. The summed E-state index contributed by atoms with van der Waals surface area (Å²) in [5, 5.41) is 43.2. The van der Waals surface area contributed by atoms with Crippen molar-refractivity contribution in [2.75, 3.05) is 14.2 Å². The third kappa shape index (κ3) is 3.39. The van der Waals surface area contributed by atoms with Gasteiger partial charge in [-0.25, -0.2) is 4.79 Å². The molecule has 0 aliphatic carbocycles. The third-order valence-electron chi connectivity index (χ3n) is 2.84. The molecule has 0 saturated carbocycles. The highest BCUT2D eigenvalue weighted by atomic mass is 16.7. The summed E-state index contributed by atoms with van der Waals surface area (Å²) in [5.41, 5.74) is 0. The van der Waals surface area contributed by atoms with Crippen LogP contribution in [0.15, 0.2) is 5.29 Å². The van der Waals surface area contributed by atoms with Crippen LogP contribution in [-0.2, 0) is 9.47 Å². The fourth-order valence-corrected chi connectivity index (χ4v) is 1.67. The van der Waals surface area contributed by atoms with Crippen molar-refractivity contribution in [3.05, 3.63) is 4.91 Å². The number of nitrogens with one attached hydrogen (secondary N) is 1. The molecular formula is C9H17N3O8. The van der Waals surface area contributed by atoms with Gasteiger partial charge in [-0.2, -0.15) is 5.01 Å². The van der Waals surface area contributed by atoms with Crippen molar-refractivity contribution in [1.82, 2.24) is 10.3 Å². The minimum atomic E-state index is -1.76. The van der Waals surface area contributed by atoms with Gasteiger partial charge in [-0.05, 0) is 0 Å². The number of amides is 2. The molecule has 5 N–H and O–H groups in total. The maximum absolute atomic E-state index is 11.3. The summed E-state index contributed by atoms with van der Waals surface area (Å²) in [4.78, 5) is 21.4. The fraction of sp³-hybridized carbons (Fsp3) is 0.889. The third-order valence-corrected chi connectivity index (χ3v) is 2.84. The summed E-state index contributed by atoms with van der Waals surface area (Å²) in [6, 6.07) is -1.04. The molecular weight excluding hydrogens is 278 g/mol. The van der Waals surface area contributed by atoms with E-state index in [0.717, 1.165) is 7.05 Å². The van der Waals surface area contributed by atoms with Crippen molar-refractivity contribution in [3.63, 3.8) is 0 Å². The van der Waals surface area contributed by atoms with Gasteiger partial charge in [0.2, 0.25) is 0 Å². The van der Waals surface area contributed by atoms with Gasteiger partial charge in [-0.15, -0.1) is 4.91 Å². The zero-order chi connectivity index (χ0) is 15.4. The van der Waals surface area contributed by atoms with Crippen molar-refractivity contribution in [3.8, 4) is 0 Å². The Kier molecular flexibility index (Phi) is 5.74. The van der Waals surface area contributed by atoms with Gasteiger partial charge in [0.15, 0.2) is 12.5 Å². The highest BCUT2D eigenvalue weighted by Crippen LogP contribution is 2.23. The number of hydrogen-bond acceptors (Lipinski definition) is 9. The SMILES string of the molecule is CO[C@@H]1O[C@H](C(O)NC(=O)N(C)N=O)[C@@H](O)[C@H](O)[C@H]1O. The quantitative estimate of drug-likeness (QED) is 0.209. The molecule has 0 bridgehead atoms. The van der Waals surface area contributed by atoms with E-state index in [2.05, 4.69) is 5.29 Å². The predicted octanol–water partition coefficient (Wildman–Crippen LogP) is -2.92. The van der Waals surface area contributed by atoms with Gasteiger partial charge < -0.3 is 35.2 Å². The van der Waals surface area contributed by atoms with Crippen molar-refractivity contribution in [2.24, 2.45) is 5.29 Å². The first-order valence-electron chi connectivity index (χ1n) is 5.61. The summed E-state index contributed by atoms with van der Waals surface area (Å²) in [5.74, 6) is 0. The Morgan fingerprint density at radius 1 is 1.35 bits per heavy atom. The summed E-state index contributed by atoms with van der Waals surface area (Å²) >= 11 is 0. The van der Waals surface area contributed by atoms with E-state index in [1.807, 2.05) is 5.32 Å². The van der Waals surface area contributed by atoms with Gasteiger partial charge in [0, 0.05) is 14.2 Å². The molecule has 20 heavy (non-hydrogen) atoms. The van der Waals surface area contributed by atoms with E-state index in [1.54, 1.807) is 0 Å². The van der Waals surface area contributed by atoms with Crippen LogP contribution in [0.5, 0.6) is 0 Å². The zero-order valence-electron chi connectivity index (χ0n) is 10.8. The van der Waals surface area contributed by atoms with Crippen molar-refractivity contribution in [1.29, 1.82) is 0 Å². The minimum absolute atomic E-state index is 0.373. The number of nitroso groups, excluding NO2 is 1. The number of aliphatic hydroxyl groups is 4. The topological polar surface area (TPSA) is 161 Å². The molecule has 1 saturated heterocycles. The molecule has 0 aromatic heterocycles. The van der Waals surface area contributed by atoms with Gasteiger partial charge in [0.25, 0.3) is 0 Å². The maximum atomic E-state index is 11.3. The summed E-state index contributed by atoms with van der Waals surface area (Å²) in [6.07, 6.45) is -9.38. The maximum Gasteiger partial charge on any atom is 0.342 e. The lowest BCUT2D eigenvalue weighted by atomic mass is 9.98. The van der Waals surface area contributed by atoms with Crippen molar-refractivity contribution >= 4 is 6.03 Å². The molecule has 11 heteroatoms. The molecule has 0 radical (unpaired) electrons. The molecule has 0 spiro atoms. The van der Waals surface area contributed by atoms with E-state index in [-0.39, 0.29) is 0 Å². The van der Waals surface area contributed by atoms with Gasteiger partial charge >= 0.3 is 6.03 Å². The van der Waals surface area contributed by atoms with Crippen LogP contribution in [0, 0.1) is 4.91 Å². The minimum Gasteiger partial charge on any atom is -0.387 e. The average molecular weight is 295 g/mol. The van der Waals surface area contributed by atoms with E-state index in [4.69, 9.17) is 9.47 Å². The smallest absolute Gasteiger partial charge is 0.342 e. The second-order valence-electron chi connectivity index (χ2n) is 4.18. The monoisotopic (exact) mass is 295 g/mol. The lowest BCUT2D eigenvalue weighted by molar-refractivity contribution is -0.305. The summed E-state index contributed by atoms with van der Waals surface area (Å²) in [7, 11) is 2.23. The molecule has 2 amide bonds. The first-order chi connectivity index (χ1) is 9.33. The van der Waals surface area contributed by atoms with E-state index in [0.29, 0.717) is 5.01 Å². The van der Waals surface area contributed by atoms with Crippen LogP contribution in [0.1, 0.15) is 0 Å². The average Bonchev–Trinajstić information content (AvgIpc) is 2.43. The number of urea groups is 1. The fourth-order valence-electron chi connectivity index (χ4n) is 1.67. The van der Waals surface area contributed by atoms with E-state index in [9.17, 15) is 30.1 Å². The molecule has 0 aromatic rings. The van der Waals surface area contributed by atoms with Gasteiger partial charge in [0.1, 0.15) is 24.4 Å². The second kappa shape index (κ2) is 6.88. The van der Waals surface area contributed by atoms with Crippen LogP contribution in [0.2, 0.25) is 0 Å². The normalized spacial score (nSPS) is 35.2. The van der Waals surface area contributed by atoms with Gasteiger partial charge in [0.05, 0.1) is 5.29 Å². The lowest BCUT2D eigenvalue weighted by Gasteiger charge is -2.41. The molecule has 1 heterocycles. The number of nitrogens with zero attached hydrogens (tertiary/aromatic N) is 2. The number of ether oxygens (including phenoxy) is 2. The van der Waals surface area contributed by atoms with Crippen LogP contribution in [0.25, 0.3) is 0 Å². The zero-order valence-corrected chi connectivity index (χ0v) is 10.8. The molecule has 0 aromatic carbocycles. The van der Waals surface area contributed by atoms with Gasteiger partial charge in [-0.3, -0.25) is 0 Å². The Bertz CT molecular complexity index is 354. The van der Waals surface area contributed by atoms with Crippen LogP contribution in [0.3, 0.4) is 0 Å². The van der Waals surface area contributed by atoms with Crippen LogP contribution in [0.4, 0.5) is 4.79 Å². The van der Waals surface area contributed by atoms with Crippen molar-refractivity contribution in [2.45, 2.75) is 36.9 Å². The first kappa shape index (κ1) is 16.7. The van der Waals surface area contributed by atoms with Crippen LogP contribution >= 0.6 is 0 Å². The highest BCUT2D eigenvalue weighted by Gasteiger charge is 2.47. The molecule has 1 fully saturated rings. The molecule has 1 aliphatic rings. The predicted molar refractivity (Wildman–Crippen MR) is 61.8 cm³/mol. The Balaban J connectivity index is 2.73. The molecule has 1 aliphatic heterocycles. The Morgan fingerprint density at radius 2 is 1.95 bits per heavy atom. The number of aliphatic hydroxyl groups excluding tert-OH is 4. The molecule has 6 atom stereocenters. The molecule has 1 rings (SSSR count). The van der Waals surface area contributed by atoms with Gasteiger partial charge in [-0.1, -0.05) is 0 Å². The lowest BCUT2D eigenvalue weighted by Crippen LogP contribution is -2.64. The largest absolute Gasteiger partial charge is 0.387 e. The number of carbonyl (C=O) groups excluding carboxylic acids is 1. The second-order valence-corrected chi connectivity index (χ2v) is 4.18. The van der Waals surface area contributed by atoms with Crippen molar-refractivity contribution < 1.29 is 34.7 Å². The van der Waals surface area contributed by atoms with Crippen LogP contribution in [-0.4, -0.2) is 82.6 Å². The standard InChI is InChI=1S/C9H17N3O8/c1-12(11-18)9(17)10-7(16)6-4(14)3(13)5(15)8(19-2)20-6/h3-8,13-16H,1-2H3,(H,10,17)/t3-,4-,5+,6-,7?,8+/m0/s1. The van der Waals surface area contributed by atoms with E-state index in [1.165, 1.54) is 7.11 Å². The number of carbonyl (C=O) groups is 1. The van der Waals surface area contributed by atoms with Crippen LogP contribution < -0.4 is 5.32 Å². The Labute approximate surface area is 113 Å². The van der Waals surface area contributed by atoms with E-state index >= 15 is 0 Å². The van der Waals surface area contributed by atoms with E-state index < -0.39 is 43.0 Å². The summed E-state index contributed by atoms with van der Waals surface area (Å²) < 4.78 is 9.76. The number of methoxy groups -OCH3 is 1. The number of rotatable bonds is 4. The first-order valence-corrected chi connectivity index (χ1v) is 5.61. The molecule has 1 unspecified atom stereocenters. The number of hydrogen-bond donors (Lipinski definition) is 5. The highest BCUT2D eigenvalue weighted by molar-refractivity contribution is 5.73. The molecule has 11 nitrogen and oxygen atoms in total.